The molecule has 7 nitrogen and oxygen atoms in total. The Morgan fingerprint density at radius 1 is 1.17 bits per heavy atom. The zero-order chi connectivity index (χ0) is 15.8. The number of rotatable bonds is 5. The van der Waals surface area contributed by atoms with Gasteiger partial charge >= 0.3 is 0 Å². The van der Waals surface area contributed by atoms with E-state index in [1.165, 1.54) is 12.8 Å². The Balaban J connectivity index is 1.31. The van der Waals surface area contributed by atoms with Gasteiger partial charge < -0.3 is 9.05 Å². The van der Waals surface area contributed by atoms with Gasteiger partial charge in [0.2, 0.25) is 5.89 Å². The minimum atomic E-state index is 0.185. The maximum Gasteiger partial charge on any atom is 0.243 e. The molecular formula is C16H23N5O2. The molecule has 1 aliphatic heterocycles. The zero-order valence-corrected chi connectivity index (χ0v) is 13.7. The predicted octanol–water partition coefficient (Wildman–Crippen LogP) is 2.12. The van der Waals surface area contributed by atoms with Crippen LogP contribution in [0.1, 0.15) is 54.9 Å². The fourth-order valence-electron chi connectivity index (χ4n) is 3.10. The first-order chi connectivity index (χ1) is 11.2. The van der Waals surface area contributed by atoms with Crippen molar-refractivity contribution in [3.63, 3.8) is 0 Å². The average molecular weight is 317 g/mol. The SMILES string of the molecule is Cc1cc(CN2CCN(C(C)c3nc(C4CC4)no3)CC2)on1. The molecule has 1 saturated heterocycles. The van der Waals surface area contributed by atoms with E-state index in [0.717, 1.165) is 55.9 Å². The van der Waals surface area contributed by atoms with Gasteiger partial charge in [-0.2, -0.15) is 4.98 Å². The van der Waals surface area contributed by atoms with Gasteiger partial charge in [0.25, 0.3) is 0 Å². The molecule has 0 aromatic carbocycles. The molecule has 2 fully saturated rings. The summed E-state index contributed by atoms with van der Waals surface area (Å²) < 4.78 is 10.8. The predicted molar refractivity (Wildman–Crippen MR) is 82.8 cm³/mol. The van der Waals surface area contributed by atoms with Crippen molar-refractivity contribution in [2.75, 3.05) is 26.2 Å². The Morgan fingerprint density at radius 3 is 2.61 bits per heavy atom. The standard InChI is InChI=1S/C16H23N5O2/c1-11-9-14(22-18-11)10-20-5-7-21(8-6-20)12(2)16-17-15(19-23-16)13-3-4-13/h9,12-13H,3-8,10H2,1-2H3. The average Bonchev–Trinajstić information content (AvgIpc) is 3.15. The van der Waals surface area contributed by atoms with Gasteiger partial charge in [-0.1, -0.05) is 10.3 Å². The molecule has 3 heterocycles. The Labute approximate surface area is 135 Å². The van der Waals surface area contributed by atoms with Crippen LogP contribution in [0.15, 0.2) is 15.1 Å². The summed E-state index contributed by atoms with van der Waals surface area (Å²) in [7, 11) is 0. The van der Waals surface area contributed by atoms with E-state index >= 15 is 0 Å². The summed E-state index contributed by atoms with van der Waals surface area (Å²) in [5.74, 6) is 3.13. The highest BCUT2D eigenvalue weighted by molar-refractivity contribution is 5.05. The summed E-state index contributed by atoms with van der Waals surface area (Å²) in [5, 5.41) is 8.07. The molecule has 0 amide bonds. The minimum absolute atomic E-state index is 0.185. The molecule has 0 bridgehead atoms. The largest absolute Gasteiger partial charge is 0.360 e. The second kappa shape index (κ2) is 6.05. The first kappa shape index (κ1) is 14.8. The van der Waals surface area contributed by atoms with Crippen LogP contribution in [-0.4, -0.2) is 51.3 Å². The van der Waals surface area contributed by atoms with E-state index in [0.29, 0.717) is 5.92 Å². The normalized spacial score (nSPS) is 21.7. The van der Waals surface area contributed by atoms with Crippen molar-refractivity contribution in [3.05, 3.63) is 29.2 Å². The van der Waals surface area contributed by atoms with Crippen LogP contribution >= 0.6 is 0 Å². The lowest BCUT2D eigenvalue weighted by Crippen LogP contribution is -2.46. The lowest BCUT2D eigenvalue weighted by atomic mass is 10.2. The van der Waals surface area contributed by atoms with E-state index in [1.54, 1.807) is 0 Å². The quantitative estimate of drug-likeness (QED) is 0.836. The van der Waals surface area contributed by atoms with Crippen LogP contribution in [0.2, 0.25) is 0 Å². The number of aromatic nitrogens is 3. The van der Waals surface area contributed by atoms with Crippen molar-refractivity contribution < 1.29 is 9.05 Å². The molecule has 0 N–H and O–H groups in total. The molecule has 1 unspecified atom stereocenters. The minimum Gasteiger partial charge on any atom is -0.360 e. The smallest absolute Gasteiger partial charge is 0.243 e. The van der Waals surface area contributed by atoms with Crippen LogP contribution in [0.5, 0.6) is 0 Å². The van der Waals surface area contributed by atoms with Crippen molar-refractivity contribution in [1.29, 1.82) is 0 Å². The summed E-state index contributed by atoms with van der Waals surface area (Å²) >= 11 is 0. The topological polar surface area (TPSA) is 71.4 Å². The highest BCUT2D eigenvalue weighted by Crippen LogP contribution is 2.38. The summed E-state index contributed by atoms with van der Waals surface area (Å²) in [4.78, 5) is 9.39. The molecule has 4 rings (SSSR count). The highest BCUT2D eigenvalue weighted by atomic mass is 16.5. The van der Waals surface area contributed by atoms with Crippen molar-refractivity contribution >= 4 is 0 Å². The summed E-state index contributed by atoms with van der Waals surface area (Å²) in [6, 6.07) is 2.19. The fraction of sp³-hybridized carbons (Fsp3) is 0.688. The molecule has 1 atom stereocenters. The molecule has 2 aromatic rings. The molecule has 7 heteroatoms. The third-order valence-electron chi connectivity index (χ3n) is 4.77. The van der Waals surface area contributed by atoms with Gasteiger partial charge in [-0.15, -0.1) is 0 Å². The molecule has 1 saturated carbocycles. The van der Waals surface area contributed by atoms with Crippen LogP contribution in [0.3, 0.4) is 0 Å². The number of nitrogens with zero attached hydrogens (tertiary/aromatic N) is 5. The summed E-state index contributed by atoms with van der Waals surface area (Å²) in [6.07, 6.45) is 2.40. The number of aryl methyl sites for hydroxylation is 1. The van der Waals surface area contributed by atoms with Gasteiger partial charge in [0.15, 0.2) is 11.6 Å². The second-order valence-electron chi connectivity index (χ2n) is 6.69. The molecule has 0 spiro atoms. The van der Waals surface area contributed by atoms with Gasteiger partial charge in [0.05, 0.1) is 18.3 Å². The number of hydrogen-bond donors (Lipinski definition) is 0. The maximum atomic E-state index is 5.47. The first-order valence-corrected chi connectivity index (χ1v) is 8.41. The third-order valence-corrected chi connectivity index (χ3v) is 4.77. The van der Waals surface area contributed by atoms with Crippen LogP contribution in [-0.2, 0) is 6.54 Å². The van der Waals surface area contributed by atoms with E-state index in [1.807, 2.05) is 13.0 Å². The molecule has 124 valence electrons. The second-order valence-corrected chi connectivity index (χ2v) is 6.69. The lowest BCUT2D eigenvalue weighted by Gasteiger charge is -2.36. The molecule has 23 heavy (non-hydrogen) atoms. The highest BCUT2D eigenvalue weighted by Gasteiger charge is 2.31. The van der Waals surface area contributed by atoms with Crippen LogP contribution in [0.25, 0.3) is 0 Å². The molecule has 2 aliphatic rings. The number of hydrogen-bond acceptors (Lipinski definition) is 7. The van der Waals surface area contributed by atoms with Crippen LogP contribution < -0.4 is 0 Å². The lowest BCUT2D eigenvalue weighted by molar-refractivity contribution is 0.0795. The van der Waals surface area contributed by atoms with Gasteiger partial charge in [0.1, 0.15) is 0 Å². The van der Waals surface area contributed by atoms with Gasteiger partial charge in [-0.05, 0) is 26.7 Å². The monoisotopic (exact) mass is 317 g/mol. The summed E-state index contributed by atoms with van der Waals surface area (Å²) in [5.41, 5.74) is 0.940. The van der Waals surface area contributed by atoms with E-state index in [4.69, 9.17) is 9.05 Å². The molecular weight excluding hydrogens is 294 g/mol. The Kier molecular flexibility index (Phi) is 3.90. The maximum absolute atomic E-state index is 5.47. The summed E-state index contributed by atoms with van der Waals surface area (Å²) in [6.45, 7) is 8.94. The molecule has 0 radical (unpaired) electrons. The van der Waals surface area contributed by atoms with Crippen molar-refractivity contribution in [2.24, 2.45) is 0 Å². The van der Waals surface area contributed by atoms with E-state index in [2.05, 4.69) is 32.0 Å². The molecule has 1 aliphatic carbocycles. The molecule has 2 aromatic heterocycles. The third kappa shape index (κ3) is 3.30. The van der Waals surface area contributed by atoms with Gasteiger partial charge in [-0.3, -0.25) is 9.80 Å². The van der Waals surface area contributed by atoms with E-state index in [9.17, 15) is 0 Å². The van der Waals surface area contributed by atoms with Crippen molar-refractivity contribution in [3.8, 4) is 0 Å². The van der Waals surface area contributed by atoms with Crippen molar-refractivity contribution in [1.82, 2.24) is 25.1 Å². The van der Waals surface area contributed by atoms with Gasteiger partial charge in [0, 0.05) is 38.2 Å². The Bertz CT molecular complexity index is 655. The zero-order valence-electron chi connectivity index (χ0n) is 13.7. The Hall–Kier alpha value is -1.73. The van der Waals surface area contributed by atoms with Gasteiger partial charge in [-0.25, -0.2) is 0 Å². The van der Waals surface area contributed by atoms with E-state index in [-0.39, 0.29) is 6.04 Å². The number of piperazine rings is 1. The Morgan fingerprint density at radius 2 is 1.96 bits per heavy atom. The fourth-order valence-corrected chi connectivity index (χ4v) is 3.10. The van der Waals surface area contributed by atoms with Crippen LogP contribution in [0, 0.1) is 6.92 Å². The first-order valence-electron chi connectivity index (χ1n) is 8.41. The van der Waals surface area contributed by atoms with Crippen molar-refractivity contribution in [2.45, 2.75) is 45.2 Å². The van der Waals surface area contributed by atoms with E-state index < -0.39 is 0 Å². The van der Waals surface area contributed by atoms with Crippen LogP contribution in [0.4, 0.5) is 0 Å².